The molecule has 180 valence electrons. The first-order valence-corrected chi connectivity index (χ1v) is 12.0. The number of hydrazone groups is 1. The summed E-state index contributed by atoms with van der Waals surface area (Å²) in [5.74, 6) is 1.99. The minimum Gasteiger partial charge on any atom is -0.497 e. The number of carbonyl (C=O) groups is 1. The molecular weight excluding hydrogens is 450 g/mol. The maximum absolute atomic E-state index is 12.3. The molecule has 0 aliphatic carbocycles. The van der Waals surface area contributed by atoms with Crippen molar-refractivity contribution in [2.75, 3.05) is 20.0 Å². The quantitative estimate of drug-likeness (QED) is 0.274. The zero-order valence-electron chi connectivity index (χ0n) is 20.5. The number of carbonyl (C=O) groups excluding carboxylic acids is 1. The molecule has 0 aliphatic rings. The second-order valence-electron chi connectivity index (χ2n) is 8.57. The first-order valence-electron chi connectivity index (χ1n) is 11.0. The number of hydrogen-bond donors (Lipinski definition) is 1. The highest BCUT2D eigenvalue weighted by Crippen LogP contribution is 2.28. The molecule has 8 nitrogen and oxygen atoms in total. The van der Waals surface area contributed by atoms with E-state index >= 15 is 0 Å². The van der Waals surface area contributed by atoms with Gasteiger partial charge >= 0.3 is 0 Å². The number of ether oxygens (including phenoxy) is 2. The predicted molar refractivity (Wildman–Crippen MR) is 136 cm³/mol. The van der Waals surface area contributed by atoms with Crippen molar-refractivity contribution in [3.05, 3.63) is 53.6 Å². The van der Waals surface area contributed by atoms with Crippen LogP contribution < -0.4 is 14.9 Å². The van der Waals surface area contributed by atoms with Crippen LogP contribution in [0.15, 0.2) is 52.7 Å². The Hall–Kier alpha value is -3.33. The molecule has 1 heterocycles. The summed E-state index contributed by atoms with van der Waals surface area (Å²) in [4.78, 5) is 12.3. The number of thioether (sulfide) groups is 1. The van der Waals surface area contributed by atoms with E-state index in [0.29, 0.717) is 23.2 Å². The zero-order chi connectivity index (χ0) is 24.7. The Kier molecular flexibility index (Phi) is 8.33. The predicted octanol–water partition coefficient (Wildman–Crippen LogP) is 4.52. The zero-order valence-corrected chi connectivity index (χ0v) is 21.3. The highest BCUT2D eigenvalue weighted by atomic mass is 32.2. The lowest BCUT2D eigenvalue weighted by molar-refractivity contribution is -0.118. The van der Waals surface area contributed by atoms with Gasteiger partial charge in [-0.15, -0.1) is 10.2 Å². The van der Waals surface area contributed by atoms with Crippen molar-refractivity contribution in [3.8, 4) is 22.9 Å². The Balaban J connectivity index is 1.62. The molecule has 0 radical (unpaired) electrons. The fourth-order valence-corrected chi connectivity index (χ4v) is 4.07. The van der Waals surface area contributed by atoms with E-state index in [1.54, 1.807) is 32.4 Å². The van der Waals surface area contributed by atoms with Gasteiger partial charge in [0, 0.05) is 23.7 Å². The van der Waals surface area contributed by atoms with Gasteiger partial charge in [-0.25, -0.2) is 5.43 Å². The summed E-state index contributed by atoms with van der Waals surface area (Å²) in [6.45, 7) is 9.30. The van der Waals surface area contributed by atoms with E-state index < -0.39 is 0 Å². The topological polar surface area (TPSA) is 90.6 Å². The summed E-state index contributed by atoms with van der Waals surface area (Å²) in [6.07, 6.45) is 1.54. The smallest absolute Gasteiger partial charge is 0.250 e. The van der Waals surface area contributed by atoms with E-state index in [2.05, 4.69) is 65.8 Å². The molecule has 9 heteroatoms. The van der Waals surface area contributed by atoms with Crippen molar-refractivity contribution in [1.82, 2.24) is 20.2 Å². The summed E-state index contributed by atoms with van der Waals surface area (Å²) in [7, 11) is 3.16. The van der Waals surface area contributed by atoms with Gasteiger partial charge in [0.1, 0.15) is 11.5 Å². The Bertz CT molecular complexity index is 1150. The largest absolute Gasteiger partial charge is 0.497 e. The minimum absolute atomic E-state index is 0.0896. The third-order valence-corrected chi connectivity index (χ3v) is 6.17. The highest BCUT2D eigenvalue weighted by molar-refractivity contribution is 7.99. The van der Waals surface area contributed by atoms with E-state index in [9.17, 15) is 4.79 Å². The third-order valence-electron chi connectivity index (χ3n) is 5.21. The summed E-state index contributed by atoms with van der Waals surface area (Å²) in [5.41, 5.74) is 5.62. The lowest BCUT2D eigenvalue weighted by Crippen LogP contribution is -2.20. The summed E-state index contributed by atoms with van der Waals surface area (Å²) in [6, 6.07) is 13.7. The van der Waals surface area contributed by atoms with E-state index in [0.717, 1.165) is 17.0 Å². The molecule has 0 spiro atoms. The average molecular weight is 482 g/mol. The fraction of sp³-hybridized carbons (Fsp3) is 0.360. The molecule has 3 rings (SSSR count). The number of nitrogens with zero attached hydrogens (tertiary/aromatic N) is 4. The van der Waals surface area contributed by atoms with Crippen molar-refractivity contribution in [1.29, 1.82) is 0 Å². The van der Waals surface area contributed by atoms with Crippen LogP contribution in [0.5, 0.6) is 11.5 Å². The first-order chi connectivity index (χ1) is 16.3. The molecule has 0 aliphatic heterocycles. The van der Waals surface area contributed by atoms with Crippen molar-refractivity contribution < 1.29 is 14.3 Å². The van der Waals surface area contributed by atoms with Gasteiger partial charge in [0.2, 0.25) is 0 Å². The molecular formula is C25H31N5O3S. The van der Waals surface area contributed by atoms with Crippen LogP contribution in [-0.2, 0) is 16.8 Å². The SMILES string of the molecule is CCn1c(SCC(=O)NN=Cc2ccc(OC)cc2OC)nnc1-c1ccc(C(C)(C)C)cc1. The monoisotopic (exact) mass is 481 g/mol. The van der Waals surface area contributed by atoms with Crippen molar-refractivity contribution in [2.24, 2.45) is 5.10 Å². The van der Waals surface area contributed by atoms with Crippen molar-refractivity contribution >= 4 is 23.9 Å². The lowest BCUT2D eigenvalue weighted by atomic mass is 9.87. The van der Waals surface area contributed by atoms with Gasteiger partial charge < -0.3 is 14.0 Å². The molecule has 0 unspecified atom stereocenters. The number of nitrogens with one attached hydrogen (secondary N) is 1. The lowest BCUT2D eigenvalue weighted by Gasteiger charge is -2.19. The van der Waals surface area contributed by atoms with Crippen LogP contribution in [0.2, 0.25) is 0 Å². The molecule has 1 aromatic heterocycles. The first kappa shape index (κ1) is 25.3. The molecule has 1 N–H and O–H groups in total. The van der Waals surface area contributed by atoms with Gasteiger partial charge in [0.25, 0.3) is 5.91 Å². The normalized spacial score (nSPS) is 11.6. The van der Waals surface area contributed by atoms with Gasteiger partial charge in [-0.3, -0.25) is 4.79 Å². The molecule has 0 saturated carbocycles. The highest BCUT2D eigenvalue weighted by Gasteiger charge is 2.17. The molecule has 0 fully saturated rings. The number of amides is 1. The maximum Gasteiger partial charge on any atom is 0.250 e. The van der Waals surface area contributed by atoms with Gasteiger partial charge in [-0.1, -0.05) is 56.8 Å². The minimum atomic E-state index is -0.240. The van der Waals surface area contributed by atoms with E-state index in [1.165, 1.54) is 23.5 Å². The maximum atomic E-state index is 12.3. The number of hydrogen-bond acceptors (Lipinski definition) is 7. The van der Waals surface area contributed by atoms with Crippen LogP contribution in [0.1, 0.15) is 38.8 Å². The van der Waals surface area contributed by atoms with Crippen LogP contribution >= 0.6 is 11.8 Å². The van der Waals surface area contributed by atoms with Crippen LogP contribution in [-0.4, -0.2) is 46.9 Å². The number of rotatable bonds is 9. The summed E-state index contributed by atoms with van der Waals surface area (Å²) >= 11 is 1.32. The van der Waals surface area contributed by atoms with Gasteiger partial charge in [0.05, 0.1) is 26.2 Å². The van der Waals surface area contributed by atoms with E-state index in [4.69, 9.17) is 9.47 Å². The summed E-state index contributed by atoms with van der Waals surface area (Å²) in [5, 5.41) is 13.4. The van der Waals surface area contributed by atoms with Crippen LogP contribution in [0.25, 0.3) is 11.4 Å². The molecule has 1 amide bonds. The molecule has 0 saturated heterocycles. The average Bonchev–Trinajstić information content (AvgIpc) is 3.25. The van der Waals surface area contributed by atoms with Crippen LogP contribution in [0, 0.1) is 0 Å². The van der Waals surface area contributed by atoms with Crippen LogP contribution in [0.3, 0.4) is 0 Å². The number of aromatic nitrogens is 3. The second-order valence-corrected chi connectivity index (χ2v) is 9.51. The standard InChI is InChI=1S/C25H31N5O3S/c1-7-30-23(17-8-11-19(12-9-17)25(2,3)4)28-29-24(30)34-16-22(31)27-26-15-18-10-13-20(32-5)14-21(18)33-6/h8-15H,7,16H2,1-6H3,(H,27,31). The fourth-order valence-electron chi connectivity index (χ4n) is 3.27. The van der Waals surface area contributed by atoms with Gasteiger partial charge in [-0.2, -0.15) is 5.10 Å². The van der Waals surface area contributed by atoms with E-state index in [-0.39, 0.29) is 17.1 Å². The molecule has 2 aromatic carbocycles. The van der Waals surface area contributed by atoms with Crippen LogP contribution in [0.4, 0.5) is 0 Å². The Morgan fingerprint density at radius 2 is 1.85 bits per heavy atom. The second kappa shape index (κ2) is 11.2. The Morgan fingerprint density at radius 3 is 2.47 bits per heavy atom. The molecule has 0 bridgehead atoms. The summed E-state index contributed by atoms with van der Waals surface area (Å²) < 4.78 is 12.5. The number of methoxy groups -OCH3 is 2. The molecule has 0 atom stereocenters. The Morgan fingerprint density at radius 1 is 1.12 bits per heavy atom. The molecule has 3 aromatic rings. The van der Waals surface area contributed by atoms with Crippen molar-refractivity contribution in [3.63, 3.8) is 0 Å². The Labute approximate surface area is 204 Å². The third kappa shape index (κ3) is 6.17. The molecule has 34 heavy (non-hydrogen) atoms. The van der Waals surface area contributed by atoms with Gasteiger partial charge in [-0.05, 0) is 30.0 Å². The van der Waals surface area contributed by atoms with E-state index in [1.807, 2.05) is 11.5 Å². The van der Waals surface area contributed by atoms with Crippen molar-refractivity contribution in [2.45, 2.75) is 44.8 Å². The number of benzene rings is 2. The van der Waals surface area contributed by atoms with Gasteiger partial charge in [0.15, 0.2) is 11.0 Å².